The molecule has 10 aromatic rings. The average molecular weight is 775 g/mol. The molecular weight excluding hydrogens is 733 g/mol. The molecule has 1 heterocycles. The summed E-state index contributed by atoms with van der Waals surface area (Å²) >= 11 is 0. The third-order valence-corrected chi connectivity index (χ3v) is 16.5. The van der Waals surface area contributed by atoms with Crippen LogP contribution < -0.4 is 30.4 Å². The van der Waals surface area contributed by atoms with E-state index >= 15 is 0 Å². The fraction of sp³-hybridized carbons (Fsp3) is 0.0182. The summed E-state index contributed by atoms with van der Waals surface area (Å²) in [6, 6.07) is 86.0. The van der Waals surface area contributed by atoms with E-state index < -0.39 is 8.07 Å². The average Bonchev–Trinajstić information content (AvgIpc) is 3.65. The molecule has 0 radical (unpaired) electrons. The molecule has 9 aromatic carbocycles. The summed E-state index contributed by atoms with van der Waals surface area (Å²) in [6.45, 7) is 0. The summed E-state index contributed by atoms with van der Waals surface area (Å²) in [5.74, 6) is 0.827. The Balaban J connectivity index is 1.06. The number of ether oxygens (including phenoxy) is 1. The molecule has 282 valence electrons. The smallest absolute Gasteiger partial charge is 0.179 e. The van der Waals surface area contributed by atoms with Gasteiger partial charge in [0.25, 0.3) is 0 Å². The normalized spacial score (nSPS) is 11.5. The molecule has 10 rings (SSSR count). The van der Waals surface area contributed by atoms with Crippen LogP contribution in [0.5, 0.6) is 5.75 Å². The Labute approximate surface area is 346 Å². The first-order valence-electron chi connectivity index (χ1n) is 20.1. The molecule has 0 aliphatic heterocycles. The maximum atomic E-state index is 5.56. The number of methoxy groups -OCH3 is 1. The molecule has 0 saturated carbocycles. The van der Waals surface area contributed by atoms with Gasteiger partial charge in [-0.2, -0.15) is 0 Å². The molecule has 0 atom stereocenters. The van der Waals surface area contributed by atoms with Crippen molar-refractivity contribution in [2.45, 2.75) is 0 Å². The van der Waals surface area contributed by atoms with Crippen LogP contribution in [0.15, 0.2) is 237 Å². The lowest BCUT2D eigenvalue weighted by atomic mass is 10.0. The minimum Gasteiger partial charge on any atom is -0.497 e. The summed E-state index contributed by atoms with van der Waals surface area (Å²) in [4.78, 5) is 2.33. The highest BCUT2D eigenvalue weighted by Gasteiger charge is 2.41. The van der Waals surface area contributed by atoms with Crippen LogP contribution in [0.1, 0.15) is 0 Å². The maximum Gasteiger partial charge on any atom is 0.179 e. The lowest BCUT2D eigenvalue weighted by molar-refractivity contribution is 0.415. The highest BCUT2D eigenvalue weighted by atomic mass is 28.3. The number of para-hydroxylation sites is 2. The van der Waals surface area contributed by atoms with Gasteiger partial charge in [0.15, 0.2) is 8.07 Å². The highest BCUT2D eigenvalue weighted by Crippen LogP contribution is 2.40. The topological polar surface area (TPSA) is 17.4 Å². The lowest BCUT2D eigenvalue weighted by Gasteiger charge is -2.34. The SMILES string of the molecule is COc1ccc(N(c2ccc(-c3ccc([Si](c4ccccc4)(c4ccccc4)c4ccccc4)cc3)cc2)c2ccc3c(c2)c2ccccc2n3-c2ccccc2)cc1. The van der Waals surface area contributed by atoms with Crippen molar-refractivity contribution in [3.05, 3.63) is 237 Å². The van der Waals surface area contributed by atoms with E-state index in [1.807, 2.05) is 12.1 Å². The third kappa shape index (κ3) is 6.40. The van der Waals surface area contributed by atoms with Crippen LogP contribution >= 0.6 is 0 Å². The number of benzene rings is 9. The van der Waals surface area contributed by atoms with E-state index in [0.717, 1.165) is 28.5 Å². The van der Waals surface area contributed by atoms with Gasteiger partial charge in [0.2, 0.25) is 0 Å². The minimum atomic E-state index is -2.60. The predicted molar refractivity (Wildman–Crippen MR) is 251 cm³/mol. The zero-order chi connectivity index (χ0) is 39.6. The van der Waals surface area contributed by atoms with Crippen molar-refractivity contribution in [1.29, 1.82) is 0 Å². The Morgan fingerprint density at radius 1 is 0.373 bits per heavy atom. The van der Waals surface area contributed by atoms with Gasteiger partial charge < -0.3 is 14.2 Å². The maximum absolute atomic E-state index is 5.56. The van der Waals surface area contributed by atoms with E-state index in [4.69, 9.17) is 4.74 Å². The zero-order valence-corrected chi connectivity index (χ0v) is 33.8. The van der Waals surface area contributed by atoms with Crippen molar-refractivity contribution in [3.63, 3.8) is 0 Å². The first-order chi connectivity index (χ1) is 29.2. The van der Waals surface area contributed by atoms with Gasteiger partial charge in [0, 0.05) is 33.5 Å². The van der Waals surface area contributed by atoms with E-state index in [1.165, 1.54) is 53.7 Å². The van der Waals surface area contributed by atoms with Crippen LogP contribution in [0, 0.1) is 0 Å². The largest absolute Gasteiger partial charge is 0.497 e. The number of nitrogens with zero attached hydrogens (tertiary/aromatic N) is 2. The van der Waals surface area contributed by atoms with Crippen LogP contribution in [0.4, 0.5) is 17.1 Å². The molecule has 59 heavy (non-hydrogen) atoms. The van der Waals surface area contributed by atoms with Gasteiger partial charge in [0.1, 0.15) is 5.75 Å². The van der Waals surface area contributed by atoms with E-state index in [0.29, 0.717) is 0 Å². The third-order valence-electron chi connectivity index (χ3n) is 11.7. The van der Waals surface area contributed by atoms with Crippen LogP contribution in [0.25, 0.3) is 38.6 Å². The van der Waals surface area contributed by atoms with Crippen LogP contribution in [0.3, 0.4) is 0 Å². The van der Waals surface area contributed by atoms with Crippen molar-refractivity contribution in [1.82, 2.24) is 4.57 Å². The summed E-state index contributed by atoms with van der Waals surface area (Å²) in [5, 5.41) is 7.90. The number of rotatable bonds is 10. The molecule has 0 N–H and O–H groups in total. The van der Waals surface area contributed by atoms with Crippen LogP contribution in [-0.4, -0.2) is 19.8 Å². The minimum absolute atomic E-state index is 0.827. The molecule has 0 spiro atoms. The van der Waals surface area contributed by atoms with E-state index in [2.05, 4.69) is 234 Å². The molecule has 0 fully saturated rings. The molecule has 0 aliphatic rings. The molecule has 1 aromatic heterocycles. The van der Waals surface area contributed by atoms with Gasteiger partial charge >= 0.3 is 0 Å². The zero-order valence-electron chi connectivity index (χ0n) is 32.8. The van der Waals surface area contributed by atoms with E-state index in [9.17, 15) is 0 Å². The molecule has 0 saturated heterocycles. The summed E-state index contributed by atoms with van der Waals surface area (Å²) < 4.78 is 7.92. The molecule has 3 nitrogen and oxygen atoms in total. The van der Waals surface area contributed by atoms with Gasteiger partial charge in [-0.25, -0.2) is 0 Å². The van der Waals surface area contributed by atoms with Gasteiger partial charge in [0.05, 0.1) is 18.1 Å². The quantitative estimate of drug-likeness (QED) is 0.102. The number of fused-ring (bicyclic) bond motifs is 3. The van der Waals surface area contributed by atoms with Crippen molar-refractivity contribution in [2.75, 3.05) is 12.0 Å². The Morgan fingerprint density at radius 3 is 1.34 bits per heavy atom. The number of hydrogen-bond donors (Lipinski definition) is 0. The first-order valence-corrected chi connectivity index (χ1v) is 22.1. The van der Waals surface area contributed by atoms with Gasteiger partial charge in [-0.1, -0.05) is 164 Å². The second-order valence-corrected chi connectivity index (χ2v) is 18.7. The van der Waals surface area contributed by atoms with Crippen molar-refractivity contribution in [2.24, 2.45) is 0 Å². The summed E-state index contributed by atoms with van der Waals surface area (Å²) in [7, 11) is -0.892. The molecule has 4 heteroatoms. The van der Waals surface area contributed by atoms with Crippen molar-refractivity contribution >= 4 is 67.7 Å². The molecule has 0 aliphatic carbocycles. The predicted octanol–water partition coefficient (Wildman–Crippen LogP) is 11.3. The molecule has 0 amide bonds. The number of anilines is 3. The Kier molecular flexibility index (Phi) is 9.45. The standard InChI is InChI=1S/C55H42N2OSi/c1-58-47-35-32-45(33-36-47)56(46-34-39-55-53(40-46)52-24-14-15-25-54(52)57(55)43-16-6-2-7-17-43)44-30-26-41(27-31-44)42-28-37-51(38-29-42)59(48-18-8-3-9-19-48,49-20-10-4-11-21-49)50-22-12-5-13-23-50/h2-40H,1H3. The molecule has 0 unspecified atom stereocenters. The second-order valence-electron chi connectivity index (χ2n) is 14.9. The molecule has 0 bridgehead atoms. The Morgan fingerprint density at radius 2 is 0.797 bits per heavy atom. The summed E-state index contributed by atoms with van der Waals surface area (Å²) in [6.07, 6.45) is 0. The lowest BCUT2D eigenvalue weighted by Crippen LogP contribution is -2.74. The van der Waals surface area contributed by atoms with Crippen molar-refractivity contribution in [3.8, 4) is 22.6 Å². The number of aromatic nitrogens is 1. The van der Waals surface area contributed by atoms with E-state index in [1.54, 1.807) is 7.11 Å². The summed E-state index contributed by atoms with van der Waals surface area (Å²) in [5.41, 5.74) is 9.08. The van der Waals surface area contributed by atoms with Gasteiger partial charge in [-0.05, 0) is 105 Å². The first kappa shape index (κ1) is 36.0. The Bertz CT molecular complexity index is 2890. The van der Waals surface area contributed by atoms with E-state index in [-0.39, 0.29) is 0 Å². The Hall–Kier alpha value is -7.40. The molecular formula is C55H42N2OSi. The van der Waals surface area contributed by atoms with Crippen LogP contribution in [-0.2, 0) is 0 Å². The van der Waals surface area contributed by atoms with Gasteiger partial charge in [-0.15, -0.1) is 0 Å². The van der Waals surface area contributed by atoms with Crippen LogP contribution in [0.2, 0.25) is 0 Å². The fourth-order valence-electron chi connectivity index (χ4n) is 8.91. The number of hydrogen-bond acceptors (Lipinski definition) is 2. The monoisotopic (exact) mass is 774 g/mol. The fourth-order valence-corrected chi connectivity index (χ4v) is 13.7. The second kappa shape index (κ2) is 15.5. The van der Waals surface area contributed by atoms with Gasteiger partial charge in [-0.3, -0.25) is 0 Å². The highest BCUT2D eigenvalue weighted by molar-refractivity contribution is 7.19. The van der Waals surface area contributed by atoms with Crippen molar-refractivity contribution < 1.29 is 4.74 Å².